The van der Waals surface area contributed by atoms with Gasteiger partial charge in [0.25, 0.3) is 0 Å². The second-order valence-corrected chi connectivity index (χ2v) is 13.9. The Hall–Kier alpha value is -0.200. The maximum absolute atomic E-state index is 12.0. The van der Waals surface area contributed by atoms with Gasteiger partial charge in [0.2, 0.25) is 0 Å². The van der Waals surface area contributed by atoms with E-state index in [1.807, 2.05) is 6.92 Å². The fourth-order valence-corrected chi connectivity index (χ4v) is 10.5. The normalized spacial score (nSPS) is 63.0. The van der Waals surface area contributed by atoms with E-state index in [9.17, 15) is 15.3 Å². The molecule has 0 aromatic heterocycles. The van der Waals surface area contributed by atoms with Crippen LogP contribution in [0, 0.1) is 40.4 Å². The van der Waals surface area contributed by atoms with E-state index >= 15 is 0 Å². The zero-order chi connectivity index (χ0) is 22.9. The second kappa shape index (κ2) is 6.51. The van der Waals surface area contributed by atoms with Gasteiger partial charge in [-0.05, 0) is 107 Å². The maximum Gasteiger partial charge on any atom is 0.198 e. The summed E-state index contributed by atoms with van der Waals surface area (Å²) in [5, 5.41) is 34.0. The highest BCUT2D eigenvalue weighted by Gasteiger charge is 2.76. The van der Waals surface area contributed by atoms with Crippen LogP contribution in [0.4, 0.5) is 0 Å². The smallest absolute Gasteiger partial charge is 0.198 e. The monoisotopic (exact) mass is 448 g/mol. The molecule has 32 heavy (non-hydrogen) atoms. The van der Waals surface area contributed by atoms with E-state index in [0.29, 0.717) is 23.7 Å². The molecule has 182 valence electrons. The fourth-order valence-electron chi connectivity index (χ4n) is 10.5. The van der Waals surface area contributed by atoms with Crippen LogP contribution < -0.4 is 0 Å². The summed E-state index contributed by atoms with van der Waals surface area (Å²) in [6.45, 7) is 10.9. The van der Waals surface area contributed by atoms with Gasteiger partial charge >= 0.3 is 0 Å². The van der Waals surface area contributed by atoms with Crippen LogP contribution >= 0.6 is 0 Å². The molecule has 2 saturated heterocycles. The van der Waals surface area contributed by atoms with Gasteiger partial charge in [0.1, 0.15) is 5.60 Å². The van der Waals surface area contributed by atoms with Crippen molar-refractivity contribution in [1.29, 1.82) is 0 Å². The van der Waals surface area contributed by atoms with Gasteiger partial charge in [-0.1, -0.05) is 13.8 Å². The molecular formula is C27H44O5. The fraction of sp³-hybridized carbons (Fsp3) is 1.00. The zero-order valence-electron chi connectivity index (χ0n) is 20.6. The summed E-state index contributed by atoms with van der Waals surface area (Å²) in [4.78, 5) is 0. The number of hydrogen-bond acceptors (Lipinski definition) is 5. The Balaban J connectivity index is 1.34. The average Bonchev–Trinajstić information content (AvgIpc) is 3.23. The molecule has 6 rings (SSSR count). The van der Waals surface area contributed by atoms with Crippen LogP contribution in [-0.2, 0) is 9.47 Å². The summed E-state index contributed by atoms with van der Waals surface area (Å²) in [5.74, 6) is 0.833. The maximum atomic E-state index is 12.0. The Kier molecular flexibility index (Phi) is 4.53. The SMILES string of the molecule is CC1(C)CC[C@]2(O[C@H]3C[C@H]4[C@@H]5CC[C@H]6C[C@H](O)CC[C@]6(C)[C@H]5[C@@H](O)C[C@]4(C)[C@H]3[C@]2(C)O)O1. The molecule has 0 amide bonds. The van der Waals surface area contributed by atoms with Gasteiger partial charge in [0.05, 0.1) is 23.9 Å². The van der Waals surface area contributed by atoms with Crippen LogP contribution in [0.3, 0.4) is 0 Å². The standard InChI is InChI=1S/C27H44O5/c1-23(2)10-11-27(32-23)26(5,30)22-20(31-27)13-18-17-7-6-15-12-16(28)8-9-24(15,3)21(17)19(29)14-25(18,22)4/h15-22,28-30H,6-14H2,1-5H3/t15-,16+,17-,18-,19-,20-,21+,22-,24-,25-,26-,27-/m0/s1. The van der Waals surface area contributed by atoms with Gasteiger partial charge < -0.3 is 24.8 Å². The Morgan fingerprint density at radius 1 is 0.844 bits per heavy atom. The van der Waals surface area contributed by atoms with Gasteiger partial charge in [0, 0.05) is 12.3 Å². The lowest BCUT2D eigenvalue weighted by atomic mass is 9.43. The molecule has 5 heteroatoms. The number of ether oxygens (including phenoxy) is 2. The minimum Gasteiger partial charge on any atom is -0.393 e. The molecule has 0 aromatic carbocycles. The molecule has 2 heterocycles. The lowest BCUT2D eigenvalue weighted by Crippen LogP contribution is -2.62. The Bertz CT molecular complexity index is 795. The Labute approximate surface area is 193 Å². The highest BCUT2D eigenvalue weighted by molar-refractivity contribution is 5.22. The Morgan fingerprint density at radius 2 is 1.59 bits per heavy atom. The van der Waals surface area contributed by atoms with E-state index in [-0.39, 0.29) is 40.7 Å². The minimum atomic E-state index is -1.06. The van der Waals surface area contributed by atoms with Crippen molar-refractivity contribution >= 4 is 0 Å². The molecule has 12 atom stereocenters. The van der Waals surface area contributed by atoms with Gasteiger partial charge in [-0.25, -0.2) is 0 Å². The molecule has 0 unspecified atom stereocenters. The van der Waals surface area contributed by atoms with E-state index in [1.54, 1.807) is 0 Å². The lowest BCUT2D eigenvalue weighted by Gasteiger charge is -2.63. The van der Waals surface area contributed by atoms with Crippen LogP contribution in [0.1, 0.15) is 92.4 Å². The number of aliphatic hydroxyl groups excluding tert-OH is 2. The topological polar surface area (TPSA) is 79.2 Å². The van der Waals surface area contributed by atoms with Crippen molar-refractivity contribution < 1.29 is 24.8 Å². The first kappa shape index (κ1) is 22.3. The molecule has 4 aliphatic carbocycles. The first-order valence-electron chi connectivity index (χ1n) is 13.3. The molecule has 6 aliphatic rings. The molecule has 1 spiro atoms. The van der Waals surface area contributed by atoms with Crippen molar-refractivity contribution in [3.05, 3.63) is 0 Å². The van der Waals surface area contributed by atoms with Crippen molar-refractivity contribution in [2.75, 3.05) is 0 Å². The number of rotatable bonds is 0. The van der Waals surface area contributed by atoms with E-state index in [1.165, 1.54) is 0 Å². The minimum absolute atomic E-state index is 0.00134. The van der Waals surface area contributed by atoms with Crippen molar-refractivity contribution in [3.63, 3.8) is 0 Å². The molecule has 2 aliphatic heterocycles. The average molecular weight is 449 g/mol. The summed E-state index contributed by atoms with van der Waals surface area (Å²) >= 11 is 0. The molecule has 5 nitrogen and oxygen atoms in total. The van der Waals surface area contributed by atoms with E-state index in [0.717, 1.165) is 57.8 Å². The van der Waals surface area contributed by atoms with Crippen molar-refractivity contribution in [1.82, 2.24) is 0 Å². The van der Waals surface area contributed by atoms with Gasteiger partial charge in [-0.15, -0.1) is 0 Å². The molecule has 3 N–H and O–H groups in total. The summed E-state index contributed by atoms with van der Waals surface area (Å²) in [6, 6.07) is 0. The van der Waals surface area contributed by atoms with Crippen molar-refractivity contribution in [2.24, 2.45) is 40.4 Å². The van der Waals surface area contributed by atoms with Crippen LogP contribution in [0.25, 0.3) is 0 Å². The van der Waals surface area contributed by atoms with E-state index < -0.39 is 11.4 Å². The first-order chi connectivity index (χ1) is 14.8. The van der Waals surface area contributed by atoms with Crippen LogP contribution in [-0.4, -0.2) is 50.6 Å². The largest absolute Gasteiger partial charge is 0.393 e. The van der Waals surface area contributed by atoms with Crippen LogP contribution in [0.15, 0.2) is 0 Å². The van der Waals surface area contributed by atoms with Crippen molar-refractivity contribution in [2.45, 2.75) is 128 Å². The summed E-state index contributed by atoms with van der Waals surface area (Å²) < 4.78 is 13.2. The molecule has 0 radical (unpaired) electrons. The number of fused-ring (bicyclic) bond motifs is 7. The summed E-state index contributed by atoms with van der Waals surface area (Å²) in [7, 11) is 0. The van der Waals surface area contributed by atoms with Crippen molar-refractivity contribution in [3.8, 4) is 0 Å². The predicted octanol–water partition coefficient (Wildman–Crippen LogP) is 4.02. The first-order valence-corrected chi connectivity index (χ1v) is 13.3. The second-order valence-electron chi connectivity index (χ2n) is 13.9. The molecule has 4 saturated carbocycles. The van der Waals surface area contributed by atoms with Gasteiger partial charge in [0.15, 0.2) is 5.79 Å². The molecule has 6 fully saturated rings. The third kappa shape index (κ3) is 2.64. The van der Waals surface area contributed by atoms with E-state index in [2.05, 4.69) is 27.7 Å². The Morgan fingerprint density at radius 3 is 2.28 bits per heavy atom. The zero-order valence-corrected chi connectivity index (χ0v) is 20.6. The highest BCUT2D eigenvalue weighted by atomic mass is 16.7. The predicted molar refractivity (Wildman–Crippen MR) is 121 cm³/mol. The molecule has 0 bridgehead atoms. The third-order valence-corrected chi connectivity index (χ3v) is 11.8. The van der Waals surface area contributed by atoms with Gasteiger partial charge in [-0.3, -0.25) is 0 Å². The summed E-state index contributed by atoms with van der Waals surface area (Å²) in [6.07, 6.45) is 7.88. The van der Waals surface area contributed by atoms with Crippen LogP contribution in [0.2, 0.25) is 0 Å². The molecule has 0 aromatic rings. The lowest BCUT2D eigenvalue weighted by molar-refractivity contribution is -0.300. The summed E-state index contributed by atoms with van der Waals surface area (Å²) in [5.41, 5.74) is -1.37. The number of hydrogen-bond donors (Lipinski definition) is 3. The third-order valence-electron chi connectivity index (χ3n) is 11.8. The highest BCUT2D eigenvalue weighted by Crippen LogP contribution is 2.72. The van der Waals surface area contributed by atoms with E-state index in [4.69, 9.17) is 9.47 Å². The molecular weight excluding hydrogens is 404 g/mol. The van der Waals surface area contributed by atoms with Gasteiger partial charge in [-0.2, -0.15) is 0 Å². The quantitative estimate of drug-likeness (QED) is 0.522. The number of aliphatic hydroxyl groups is 3. The van der Waals surface area contributed by atoms with Crippen LogP contribution in [0.5, 0.6) is 0 Å².